The molecule has 0 bridgehead atoms. The van der Waals surface area contributed by atoms with E-state index in [2.05, 4.69) is 37.8 Å². The van der Waals surface area contributed by atoms with Gasteiger partial charge in [0, 0.05) is 25.0 Å². The number of likely N-dealkylation sites (tertiary alicyclic amines) is 1. The number of Topliss-reactive ketones (excluding diaryl/α,β-unsaturated/α-hetero) is 1. The summed E-state index contributed by atoms with van der Waals surface area (Å²) in [6.45, 7) is 9.87. The second-order valence-corrected chi connectivity index (χ2v) is 15.9. The van der Waals surface area contributed by atoms with Crippen LogP contribution in [0.3, 0.4) is 0 Å². The molecule has 0 spiro atoms. The van der Waals surface area contributed by atoms with Crippen LogP contribution in [0.1, 0.15) is 128 Å². The summed E-state index contributed by atoms with van der Waals surface area (Å²) in [5.74, 6) is -3.14. The molecule has 3 aliphatic carbocycles. The van der Waals surface area contributed by atoms with Crippen LogP contribution in [0.5, 0.6) is 0 Å². The maximum absolute atomic E-state index is 14.5. The van der Waals surface area contributed by atoms with Crippen molar-refractivity contribution in [2.75, 3.05) is 6.54 Å². The van der Waals surface area contributed by atoms with Gasteiger partial charge in [-0.25, -0.2) is 4.98 Å². The van der Waals surface area contributed by atoms with Crippen molar-refractivity contribution < 1.29 is 28.8 Å². The number of amides is 5. The van der Waals surface area contributed by atoms with Crippen LogP contribution >= 0.6 is 0 Å². The Balaban J connectivity index is 1.31. The fourth-order valence-corrected chi connectivity index (χ4v) is 9.16. The van der Waals surface area contributed by atoms with Gasteiger partial charge in [0.1, 0.15) is 23.8 Å². The molecule has 4 fully saturated rings. The molecule has 5 amide bonds. The van der Waals surface area contributed by atoms with Gasteiger partial charge in [0.2, 0.25) is 23.5 Å². The number of nitrogens with zero attached hydrogens (tertiary/aromatic N) is 3. The van der Waals surface area contributed by atoms with Crippen LogP contribution < -0.4 is 21.3 Å². The van der Waals surface area contributed by atoms with Crippen molar-refractivity contribution in [3.8, 4) is 0 Å². The standard InChI is InChI=1S/C40H59N7O6/c1-5-13-30(35(48)39(52)43-25(4)26-14-8-6-9-15-26)44-38(51)34-29-19-12-18-28(29)23-47(34)40(53)32(24(2)3)45-37(50)33(27-16-10-7-11-17-27)46-36(49)31-22-41-20-21-42-31/h20-22,25-30,32-34H,2,5-19,23H2,1,3-4H3,(H,43,52)(H,44,51)(H,45,50)(H,46,49)/t25-,28-,29-,30-,32-,33-,34-/m0/s1. The van der Waals surface area contributed by atoms with Gasteiger partial charge in [-0.2, -0.15) is 0 Å². The van der Waals surface area contributed by atoms with E-state index in [9.17, 15) is 28.8 Å². The highest BCUT2D eigenvalue weighted by Gasteiger charge is 2.51. The summed E-state index contributed by atoms with van der Waals surface area (Å²) in [5, 5.41) is 11.5. The first-order valence-corrected chi connectivity index (χ1v) is 20.0. The van der Waals surface area contributed by atoms with Crippen molar-refractivity contribution >= 4 is 35.3 Å². The molecule has 0 aromatic carbocycles. The monoisotopic (exact) mass is 733 g/mol. The van der Waals surface area contributed by atoms with E-state index in [1.807, 2.05) is 13.8 Å². The molecule has 1 aromatic heterocycles. The molecule has 7 atom stereocenters. The van der Waals surface area contributed by atoms with E-state index in [1.165, 1.54) is 29.9 Å². The molecule has 4 aliphatic rings. The Morgan fingerprint density at radius 2 is 1.53 bits per heavy atom. The number of aromatic nitrogens is 2. The molecule has 2 heterocycles. The summed E-state index contributed by atoms with van der Waals surface area (Å²) < 4.78 is 0. The summed E-state index contributed by atoms with van der Waals surface area (Å²) in [7, 11) is 0. The molecule has 13 heteroatoms. The van der Waals surface area contributed by atoms with Crippen LogP contribution in [-0.4, -0.2) is 86.9 Å². The van der Waals surface area contributed by atoms with E-state index in [1.54, 1.807) is 6.92 Å². The normalized spacial score (nSPS) is 24.2. The minimum Gasteiger partial charge on any atom is -0.347 e. The van der Waals surface area contributed by atoms with Crippen molar-refractivity contribution in [2.45, 2.75) is 147 Å². The molecule has 1 aromatic rings. The zero-order chi connectivity index (χ0) is 38.1. The highest BCUT2D eigenvalue weighted by Crippen LogP contribution is 2.43. The second kappa shape index (κ2) is 18.7. The predicted octanol–water partition coefficient (Wildman–Crippen LogP) is 3.78. The van der Waals surface area contributed by atoms with Gasteiger partial charge in [-0.1, -0.05) is 64.9 Å². The molecule has 0 unspecified atom stereocenters. The molecule has 290 valence electrons. The zero-order valence-corrected chi connectivity index (χ0v) is 31.7. The van der Waals surface area contributed by atoms with Crippen molar-refractivity contribution in [3.63, 3.8) is 0 Å². The maximum Gasteiger partial charge on any atom is 0.289 e. The summed E-state index contributed by atoms with van der Waals surface area (Å²) in [6, 6.07) is -4.08. The summed E-state index contributed by atoms with van der Waals surface area (Å²) >= 11 is 0. The van der Waals surface area contributed by atoms with Crippen molar-refractivity contribution in [2.24, 2.45) is 23.7 Å². The Labute approximate surface area is 313 Å². The predicted molar refractivity (Wildman–Crippen MR) is 199 cm³/mol. The number of ketones is 1. The Morgan fingerprint density at radius 3 is 2.15 bits per heavy atom. The van der Waals surface area contributed by atoms with E-state index in [-0.39, 0.29) is 35.9 Å². The van der Waals surface area contributed by atoms with E-state index in [0.29, 0.717) is 24.5 Å². The van der Waals surface area contributed by atoms with E-state index < -0.39 is 59.5 Å². The summed E-state index contributed by atoms with van der Waals surface area (Å²) in [5.41, 5.74) is 0.479. The Kier molecular flexibility index (Phi) is 14.2. The topological polar surface area (TPSA) is 180 Å². The summed E-state index contributed by atoms with van der Waals surface area (Å²) in [6.07, 6.45) is 17.4. The third-order valence-electron chi connectivity index (χ3n) is 12.1. The van der Waals surface area contributed by atoms with E-state index in [0.717, 1.165) is 77.0 Å². The van der Waals surface area contributed by atoms with Gasteiger partial charge < -0.3 is 26.2 Å². The number of fused-ring (bicyclic) bond motifs is 1. The first-order valence-electron chi connectivity index (χ1n) is 20.0. The van der Waals surface area contributed by atoms with Crippen LogP contribution in [-0.2, 0) is 24.0 Å². The fourth-order valence-electron chi connectivity index (χ4n) is 9.16. The van der Waals surface area contributed by atoms with Gasteiger partial charge in [0.05, 0.1) is 12.2 Å². The minimum absolute atomic E-state index is 0.0853. The first-order chi connectivity index (χ1) is 25.5. The molecule has 53 heavy (non-hydrogen) atoms. The average molecular weight is 734 g/mol. The highest BCUT2D eigenvalue weighted by molar-refractivity contribution is 6.38. The van der Waals surface area contributed by atoms with Crippen LogP contribution in [0.2, 0.25) is 0 Å². The number of carbonyl (C=O) groups excluding carboxylic acids is 6. The quantitative estimate of drug-likeness (QED) is 0.155. The van der Waals surface area contributed by atoms with E-state index >= 15 is 0 Å². The molecule has 13 nitrogen and oxygen atoms in total. The van der Waals surface area contributed by atoms with Crippen LogP contribution in [0.25, 0.3) is 0 Å². The van der Waals surface area contributed by atoms with Gasteiger partial charge in [0.25, 0.3) is 11.8 Å². The van der Waals surface area contributed by atoms with Gasteiger partial charge in [-0.05, 0) is 88.0 Å². The SMILES string of the molecule is C=C(C)[C@H](NC(=O)[C@@H](NC(=O)c1cnccn1)C1CCCCC1)C(=O)N1C[C@@H]2CCC[C@@H]2[C@H]1C(=O)N[C@@H](CCC)C(=O)C(=O)N[C@@H](C)C1CCCCC1. The van der Waals surface area contributed by atoms with Gasteiger partial charge in [-0.15, -0.1) is 0 Å². The molecule has 0 radical (unpaired) electrons. The number of hydrogen-bond donors (Lipinski definition) is 4. The van der Waals surface area contributed by atoms with Crippen LogP contribution in [0.15, 0.2) is 30.7 Å². The van der Waals surface area contributed by atoms with Crippen LogP contribution in [0, 0.1) is 23.7 Å². The van der Waals surface area contributed by atoms with Crippen molar-refractivity contribution in [1.29, 1.82) is 0 Å². The fraction of sp³-hybridized carbons (Fsp3) is 0.700. The van der Waals surface area contributed by atoms with Gasteiger partial charge in [0.15, 0.2) is 0 Å². The number of carbonyl (C=O) groups is 6. The Hall–Kier alpha value is -4.16. The third-order valence-corrected chi connectivity index (χ3v) is 12.1. The number of nitrogens with one attached hydrogen (secondary N) is 4. The summed E-state index contributed by atoms with van der Waals surface area (Å²) in [4.78, 5) is 92.2. The lowest BCUT2D eigenvalue weighted by atomic mass is 9.83. The lowest BCUT2D eigenvalue weighted by molar-refractivity contribution is -0.144. The third kappa shape index (κ3) is 9.89. The average Bonchev–Trinajstić information content (AvgIpc) is 3.78. The lowest BCUT2D eigenvalue weighted by Crippen LogP contribution is -2.60. The molecular formula is C40H59N7O6. The zero-order valence-electron chi connectivity index (χ0n) is 31.7. The molecule has 3 saturated carbocycles. The highest BCUT2D eigenvalue weighted by atomic mass is 16.2. The number of rotatable bonds is 15. The van der Waals surface area contributed by atoms with Crippen LogP contribution in [0.4, 0.5) is 0 Å². The first kappa shape index (κ1) is 40.0. The number of hydrogen-bond acceptors (Lipinski definition) is 8. The molecule has 4 N–H and O–H groups in total. The van der Waals surface area contributed by atoms with Gasteiger partial charge in [-0.3, -0.25) is 33.8 Å². The largest absolute Gasteiger partial charge is 0.347 e. The second-order valence-electron chi connectivity index (χ2n) is 15.9. The Bertz CT molecular complexity index is 1490. The molecule has 5 rings (SSSR count). The molecular weight excluding hydrogens is 674 g/mol. The maximum atomic E-state index is 14.5. The molecule has 1 aliphatic heterocycles. The minimum atomic E-state index is -1.14. The lowest BCUT2D eigenvalue weighted by Gasteiger charge is -2.34. The van der Waals surface area contributed by atoms with Gasteiger partial charge >= 0.3 is 0 Å². The Morgan fingerprint density at radius 1 is 0.849 bits per heavy atom. The van der Waals surface area contributed by atoms with Crippen molar-refractivity contribution in [1.82, 2.24) is 36.1 Å². The van der Waals surface area contributed by atoms with E-state index in [4.69, 9.17) is 0 Å². The smallest absolute Gasteiger partial charge is 0.289 e. The molecule has 1 saturated heterocycles. The van der Waals surface area contributed by atoms with Crippen molar-refractivity contribution in [3.05, 3.63) is 36.4 Å².